The number of hydrogen-bond donors (Lipinski definition) is 1. The molecule has 1 N–H and O–H groups in total. The van der Waals surface area contributed by atoms with Gasteiger partial charge in [0.05, 0.1) is 0 Å². The van der Waals surface area contributed by atoms with Crippen LogP contribution in [0.2, 0.25) is 0 Å². The fourth-order valence-corrected chi connectivity index (χ4v) is 3.54. The Morgan fingerprint density at radius 1 is 0.440 bits per heavy atom. The zero-order chi connectivity index (χ0) is 18.4. The van der Waals surface area contributed by atoms with Crippen LogP contribution in [0.5, 0.6) is 0 Å². The molecule has 2 heteroatoms. The second-order valence-electron chi connectivity index (χ2n) is 7.87. The first kappa shape index (κ1) is 24.9. The summed E-state index contributed by atoms with van der Waals surface area (Å²) >= 11 is 0. The summed E-state index contributed by atoms with van der Waals surface area (Å²) in [6.45, 7) is 8.66. The van der Waals surface area contributed by atoms with E-state index in [1.165, 1.54) is 116 Å². The summed E-state index contributed by atoms with van der Waals surface area (Å²) in [6, 6.07) is 0. The molecule has 0 aromatic heterocycles. The monoisotopic (exact) mass is 355 g/mol. The van der Waals surface area contributed by atoms with Crippen molar-refractivity contribution in [3.63, 3.8) is 0 Å². The van der Waals surface area contributed by atoms with Crippen LogP contribution in [-0.2, 0) is 0 Å². The summed E-state index contributed by atoms with van der Waals surface area (Å²) in [5, 5.41) is 9.01. The van der Waals surface area contributed by atoms with E-state index >= 15 is 0 Å². The van der Waals surface area contributed by atoms with Gasteiger partial charge in [-0.25, -0.2) is 0 Å². The Kier molecular flexibility index (Phi) is 21.9. The predicted molar refractivity (Wildman–Crippen MR) is 113 cm³/mol. The lowest BCUT2D eigenvalue weighted by Gasteiger charge is -2.22. The molecule has 0 saturated carbocycles. The average Bonchev–Trinajstić information content (AvgIpc) is 2.62. The molecule has 0 aliphatic rings. The molecule has 0 aromatic carbocycles. The highest BCUT2D eigenvalue weighted by Gasteiger charge is 2.04. The van der Waals surface area contributed by atoms with Crippen LogP contribution in [0.3, 0.4) is 0 Å². The molecule has 0 atom stereocenters. The van der Waals surface area contributed by atoms with Crippen LogP contribution in [0.25, 0.3) is 0 Å². The van der Waals surface area contributed by atoms with Crippen LogP contribution < -0.4 is 0 Å². The predicted octanol–water partition coefficient (Wildman–Crippen LogP) is 6.95. The first-order chi connectivity index (χ1) is 12.3. The molecule has 0 radical (unpaired) electrons. The normalized spacial score (nSPS) is 11.5. The van der Waals surface area contributed by atoms with Gasteiger partial charge < -0.3 is 10.0 Å². The van der Waals surface area contributed by atoms with Gasteiger partial charge in [0.25, 0.3) is 0 Å². The fourth-order valence-electron chi connectivity index (χ4n) is 3.54. The molecule has 0 rings (SSSR count). The van der Waals surface area contributed by atoms with Crippen LogP contribution in [0, 0.1) is 0 Å². The van der Waals surface area contributed by atoms with Gasteiger partial charge in [-0.3, -0.25) is 0 Å². The van der Waals surface area contributed by atoms with E-state index in [1.807, 2.05) is 0 Å². The van der Waals surface area contributed by atoms with Crippen LogP contribution in [0.1, 0.15) is 123 Å². The minimum Gasteiger partial charge on any atom is -0.396 e. The Morgan fingerprint density at radius 2 is 0.760 bits per heavy atom. The Balaban J connectivity index is 3.61. The third-order valence-corrected chi connectivity index (χ3v) is 5.29. The van der Waals surface area contributed by atoms with E-state index in [1.54, 1.807) is 0 Å². The maximum atomic E-state index is 9.01. The van der Waals surface area contributed by atoms with Gasteiger partial charge in [-0.1, -0.05) is 97.3 Å². The first-order valence-electron chi connectivity index (χ1n) is 11.7. The molecule has 0 fully saturated rings. The molecule has 0 bridgehead atoms. The molecule has 0 aliphatic carbocycles. The standard InChI is InChI=1S/C23H49NO/c1-3-5-7-9-11-12-13-15-17-21-24(22-18-19-23-25)20-16-14-10-8-6-4-2/h25H,3-23H2,1-2H3. The lowest BCUT2D eigenvalue weighted by Crippen LogP contribution is -2.27. The van der Waals surface area contributed by atoms with E-state index in [0.29, 0.717) is 6.61 Å². The summed E-state index contributed by atoms with van der Waals surface area (Å²) in [4.78, 5) is 2.66. The summed E-state index contributed by atoms with van der Waals surface area (Å²) in [6.07, 6.45) is 23.2. The average molecular weight is 356 g/mol. The fraction of sp³-hybridized carbons (Fsp3) is 1.00. The molecule has 0 aliphatic heterocycles. The highest BCUT2D eigenvalue weighted by atomic mass is 16.2. The van der Waals surface area contributed by atoms with Crippen molar-refractivity contribution in [1.82, 2.24) is 4.90 Å². The van der Waals surface area contributed by atoms with Crippen LogP contribution in [0.15, 0.2) is 0 Å². The molecule has 152 valence electrons. The Hall–Kier alpha value is -0.0800. The maximum absolute atomic E-state index is 9.01. The summed E-state index contributed by atoms with van der Waals surface area (Å²) in [7, 11) is 0. The van der Waals surface area contributed by atoms with E-state index < -0.39 is 0 Å². The summed E-state index contributed by atoms with van der Waals surface area (Å²) in [5.74, 6) is 0. The third kappa shape index (κ3) is 20.1. The van der Waals surface area contributed by atoms with Crippen molar-refractivity contribution in [1.29, 1.82) is 0 Å². The van der Waals surface area contributed by atoms with Crippen molar-refractivity contribution >= 4 is 0 Å². The smallest absolute Gasteiger partial charge is 0.0431 e. The van der Waals surface area contributed by atoms with Gasteiger partial charge in [-0.15, -0.1) is 0 Å². The van der Waals surface area contributed by atoms with Crippen LogP contribution >= 0.6 is 0 Å². The Morgan fingerprint density at radius 3 is 1.12 bits per heavy atom. The SMILES string of the molecule is CCCCCCCCCCCN(CCCCO)CCCCCCCC. The number of nitrogens with zero attached hydrogens (tertiary/aromatic N) is 1. The second kappa shape index (κ2) is 22.0. The number of aliphatic hydroxyl groups excluding tert-OH is 1. The minimum absolute atomic E-state index is 0.350. The highest BCUT2D eigenvalue weighted by molar-refractivity contribution is 4.60. The number of unbranched alkanes of at least 4 members (excludes halogenated alkanes) is 14. The molecule has 2 nitrogen and oxygen atoms in total. The molecule has 0 saturated heterocycles. The van der Waals surface area contributed by atoms with Crippen molar-refractivity contribution < 1.29 is 5.11 Å². The number of rotatable bonds is 21. The first-order valence-corrected chi connectivity index (χ1v) is 11.7. The molecule has 0 amide bonds. The van der Waals surface area contributed by atoms with Gasteiger partial charge in [0.2, 0.25) is 0 Å². The van der Waals surface area contributed by atoms with Crippen molar-refractivity contribution in [3.05, 3.63) is 0 Å². The van der Waals surface area contributed by atoms with Crippen LogP contribution in [0.4, 0.5) is 0 Å². The van der Waals surface area contributed by atoms with Crippen LogP contribution in [-0.4, -0.2) is 36.2 Å². The summed E-state index contributed by atoms with van der Waals surface area (Å²) < 4.78 is 0. The lowest BCUT2D eigenvalue weighted by atomic mass is 10.1. The van der Waals surface area contributed by atoms with Crippen molar-refractivity contribution in [3.8, 4) is 0 Å². The van der Waals surface area contributed by atoms with E-state index in [-0.39, 0.29) is 0 Å². The third-order valence-electron chi connectivity index (χ3n) is 5.29. The molecule has 0 heterocycles. The Labute approximate surface area is 159 Å². The molecule has 0 aromatic rings. The Bertz CT molecular complexity index is 232. The molecule has 0 spiro atoms. The molecule has 0 unspecified atom stereocenters. The zero-order valence-electron chi connectivity index (χ0n) is 17.7. The van der Waals surface area contributed by atoms with Gasteiger partial charge in [0, 0.05) is 6.61 Å². The topological polar surface area (TPSA) is 23.5 Å². The number of hydrogen-bond acceptors (Lipinski definition) is 2. The van der Waals surface area contributed by atoms with Gasteiger partial charge in [-0.2, -0.15) is 0 Å². The quantitative estimate of drug-likeness (QED) is 0.225. The van der Waals surface area contributed by atoms with Gasteiger partial charge in [0.15, 0.2) is 0 Å². The maximum Gasteiger partial charge on any atom is 0.0431 e. The molecular weight excluding hydrogens is 306 g/mol. The number of aliphatic hydroxyl groups is 1. The zero-order valence-corrected chi connectivity index (χ0v) is 17.7. The van der Waals surface area contributed by atoms with Gasteiger partial charge in [0.1, 0.15) is 0 Å². The van der Waals surface area contributed by atoms with E-state index in [2.05, 4.69) is 18.7 Å². The van der Waals surface area contributed by atoms with E-state index in [4.69, 9.17) is 5.11 Å². The lowest BCUT2D eigenvalue weighted by molar-refractivity contribution is 0.234. The van der Waals surface area contributed by atoms with Gasteiger partial charge >= 0.3 is 0 Å². The second-order valence-corrected chi connectivity index (χ2v) is 7.87. The molecular formula is C23H49NO. The molecule has 25 heavy (non-hydrogen) atoms. The highest BCUT2D eigenvalue weighted by Crippen LogP contribution is 2.11. The van der Waals surface area contributed by atoms with Gasteiger partial charge in [-0.05, 0) is 45.3 Å². The summed E-state index contributed by atoms with van der Waals surface area (Å²) in [5.41, 5.74) is 0. The van der Waals surface area contributed by atoms with E-state index in [0.717, 1.165) is 12.8 Å². The van der Waals surface area contributed by atoms with E-state index in [9.17, 15) is 0 Å². The minimum atomic E-state index is 0.350. The van der Waals surface area contributed by atoms with Crippen molar-refractivity contribution in [2.24, 2.45) is 0 Å². The van der Waals surface area contributed by atoms with Crippen molar-refractivity contribution in [2.75, 3.05) is 26.2 Å². The van der Waals surface area contributed by atoms with Crippen molar-refractivity contribution in [2.45, 2.75) is 123 Å². The largest absolute Gasteiger partial charge is 0.396 e.